The first-order valence-electron chi connectivity index (χ1n) is 19.9. The van der Waals surface area contributed by atoms with Gasteiger partial charge in [0.25, 0.3) is 0 Å². The first-order chi connectivity index (χ1) is 27.3. The number of aromatic carboxylic acids is 1. The summed E-state index contributed by atoms with van der Waals surface area (Å²) in [6.45, 7) is 15.1. The van der Waals surface area contributed by atoms with E-state index in [0.29, 0.717) is 12.0 Å². The molecule has 0 bridgehead atoms. The molecule has 0 unspecified atom stereocenters. The molecule has 4 atom stereocenters. The molecule has 2 fully saturated rings. The van der Waals surface area contributed by atoms with E-state index in [9.17, 15) is 14.7 Å². The van der Waals surface area contributed by atoms with Gasteiger partial charge in [-0.05, 0) is 123 Å². The van der Waals surface area contributed by atoms with Crippen LogP contribution in [0.1, 0.15) is 82.5 Å². The number of anilines is 4. The topological polar surface area (TPSA) is 134 Å². The number of carbonyl (C=O) groups excluding carboxylic acids is 1. The fraction of sp³-hybridized carbons (Fsp3) is 0.447. The molecule has 2 saturated heterocycles. The molecule has 2 aliphatic heterocycles. The predicted molar refractivity (Wildman–Crippen MR) is 255 cm³/mol. The number of benzene rings is 4. The van der Waals surface area contributed by atoms with E-state index in [-0.39, 0.29) is 38.7 Å². The zero-order chi connectivity index (χ0) is 41.5. The number of hydrogen-bond donors (Lipinski definition) is 4. The molecular weight excluding hydrogens is 874 g/mol. The lowest BCUT2D eigenvalue weighted by Crippen LogP contribution is -2.46. The molecule has 4 aromatic rings. The highest BCUT2D eigenvalue weighted by atomic mass is 79.9. The molecule has 2 heterocycles. The first-order valence-corrected chi connectivity index (χ1v) is 21.5. The fourth-order valence-corrected chi connectivity index (χ4v) is 7.30. The molecule has 0 spiro atoms. The Bertz CT molecular complexity index is 1790. The molecule has 12 heteroatoms. The van der Waals surface area contributed by atoms with E-state index in [4.69, 9.17) is 15.9 Å². The number of carboxylic acids is 1. The highest BCUT2D eigenvalue weighted by molar-refractivity contribution is 9.10. The van der Waals surface area contributed by atoms with Gasteiger partial charge in [-0.2, -0.15) is 0 Å². The number of carboxylic acid groups (broad SMARTS) is 1. The Balaban J connectivity index is 0.000000346. The lowest BCUT2D eigenvalue weighted by molar-refractivity contribution is 0.0696. The third kappa shape index (κ3) is 15.9. The second-order valence-corrected chi connectivity index (χ2v) is 16.5. The number of rotatable bonds is 12. The number of hydrogen-bond acceptors (Lipinski definition) is 9. The molecule has 5 N–H and O–H groups in total. The summed E-state index contributed by atoms with van der Waals surface area (Å²) in [7, 11) is 0. The molecule has 0 aliphatic carbocycles. The number of piperazine rings is 2. The lowest BCUT2D eigenvalue weighted by atomic mass is 9.92. The van der Waals surface area contributed by atoms with Crippen LogP contribution in [0.3, 0.4) is 0 Å². The van der Waals surface area contributed by atoms with Crippen molar-refractivity contribution in [3.63, 3.8) is 0 Å². The van der Waals surface area contributed by atoms with Crippen LogP contribution in [0.4, 0.5) is 22.7 Å². The molecule has 0 saturated carbocycles. The normalized spacial score (nSPS) is 15.7. The molecule has 6 rings (SSSR count). The minimum absolute atomic E-state index is 0. The summed E-state index contributed by atoms with van der Waals surface area (Å²) in [6, 6.07) is 31.8. The third-order valence-corrected chi connectivity index (χ3v) is 11.8. The third-order valence-electron chi connectivity index (χ3n) is 10.7. The average molecular weight is 942 g/mol. The number of halogens is 2. The van der Waals surface area contributed by atoms with Crippen LogP contribution >= 0.6 is 31.9 Å². The van der Waals surface area contributed by atoms with Crippen molar-refractivity contribution >= 4 is 66.4 Å². The predicted octanol–water partition coefficient (Wildman–Crippen LogP) is 9.61. The molecule has 4 aromatic carbocycles. The van der Waals surface area contributed by atoms with Crippen molar-refractivity contribution in [1.29, 1.82) is 0 Å². The minimum Gasteiger partial charge on any atom is -0.478 e. The van der Waals surface area contributed by atoms with Gasteiger partial charge in [-0.15, -0.1) is 0 Å². The minimum atomic E-state index is -0.883. The van der Waals surface area contributed by atoms with E-state index in [1.54, 1.807) is 26.0 Å². The zero-order valence-corrected chi connectivity index (χ0v) is 36.8. The van der Waals surface area contributed by atoms with Gasteiger partial charge in [0.05, 0.1) is 17.8 Å². The van der Waals surface area contributed by atoms with Crippen molar-refractivity contribution in [1.82, 2.24) is 0 Å². The van der Waals surface area contributed by atoms with E-state index < -0.39 is 12.1 Å². The Hall–Kier alpha value is -3.94. The number of nitrogens with zero attached hydrogens (tertiary/aromatic N) is 4. The fourth-order valence-electron chi connectivity index (χ4n) is 6.78. The van der Waals surface area contributed by atoms with Gasteiger partial charge in [-0.3, -0.25) is 4.79 Å². The molecular formula is C47H67Br2N5O5. The van der Waals surface area contributed by atoms with Gasteiger partial charge in [-0.1, -0.05) is 67.0 Å². The number of aliphatic hydroxyl groups excluding tert-OH is 2. The van der Waals surface area contributed by atoms with Gasteiger partial charge in [0.15, 0.2) is 5.78 Å². The lowest BCUT2D eigenvalue weighted by Gasteiger charge is -2.37. The quantitative estimate of drug-likeness (QED) is 0.102. The molecule has 0 radical (unpaired) electrons. The van der Waals surface area contributed by atoms with Gasteiger partial charge in [0.2, 0.25) is 0 Å². The van der Waals surface area contributed by atoms with Gasteiger partial charge in [0.1, 0.15) is 0 Å². The summed E-state index contributed by atoms with van der Waals surface area (Å²) in [5.41, 5.74) is 11.2. The van der Waals surface area contributed by atoms with Crippen molar-refractivity contribution in [2.24, 2.45) is 11.7 Å². The average Bonchev–Trinajstić information content (AvgIpc) is 3.23. The van der Waals surface area contributed by atoms with Crippen LogP contribution in [-0.4, -0.2) is 97.7 Å². The highest BCUT2D eigenvalue weighted by Crippen LogP contribution is 2.25. The first kappa shape index (κ1) is 51.2. The zero-order valence-electron chi connectivity index (χ0n) is 33.6. The second kappa shape index (κ2) is 25.6. The number of aliphatic hydroxyl groups is 2. The van der Waals surface area contributed by atoms with Crippen molar-refractivity contribution in [2.45, 2.75) is 80.1 Å². The van der Waals surface area contributed by atoms with Crippen LogP contribution in [-0.2, 0) is 0 Å². The number of carbonyl (C=O) groups is 2. The maximum atomic E-state index is 12.5. The molecule has 0 amide bonds. The molecule has 10 nitrogen and oxygen atoms in total. The molecule has 324 valence electrons. The second-order valence-electron chi connectivity index (χ2n) is 14.6. The Kier molecular flexibility index (Phi) is 22.2. The van der Waals surface area contributed by atoms with Crippen LogP contribution in [0.5, 0.6) is 0 Å². The van der Waals surface area contributed by atoms with E-state index in [1.165, 1.54) is 11.4 Å². The summed E-state index contributed by atoms with van der Waals surface area (Å²) in [4.78, 5) is 32.8. The number of nitrogens with two attached hydrogens (primary N) is 1. The van der Waals surface area contributed by atoms with E-state index in [1.807, 2.05) is 50.2 Å². The smallest absolute Gasteiger partial charge is 0.335 e. The van der Waals surface area contributed by atoms with Crippen molar-refractivity contribution in [3.8, 4) is 0 Å². The summed E-state index contributed by atoms with van der Waals surface area (Å²) in [6.07, 6.45) is 1.25. The van der Waals surface area contributed by atoms with E-state index in [2.05, 4.69) is 100.0 Å². The Morgan fingerprint density at radius 3 is 1.10 bits per heavy atom. The maximum absolute atomic E-state index is 12.5. The summed E-state index contributed by atoms with van der Waals surface area (Å²) >= 11 is 6.94. The molecule has 59 heavy (non-hydrogen) atoms. The van der Waals surface area contributed by atoms with Gasteiger partial charge >= 0.3 is 5.97 Å². The van der Waals surface area contributed by atoms with Crippen molar-refractivity contribution in [3.05, 3.63) is 117 Å². The number of ketones is 1. The largest absolute Gasteiger partial charge is 0.478 e. The van der Waals surface area contributed by atoms with Crippen LogP contribution in [0, 0.1) is 5.92 Å². The van der Waals surface area contributed by atoms with Gasteiger partial charge in [0, 0.05) is 102 Å². The van der Waals surface area contributed by atoms with Crippen LogP contribution in [0.2, 0.25) is 0 Å². The van der Waals surface area contributed by atoms with E-state index in [0.717, 1.165) is 91.1 Å². The SMILES string of the molecule is C.C.CC[C@H](CC(=O)c1ccc(N2CCN(c3ccc(Br)cc3)CC2)cc1)[C@H](C)O.CC[C@H](N)[C@H](C)O.O=C(O)c1ccc(N2CCN(c3ccc(Br)cc3)CC2)cc1. The number of Topliss-reactive ketones (excluding diaryl/α,β-unsaturated/α-hetero) is 1. The monoisotopic (exact) mass is 939 g/mol. The molecule has 0 aromatic heterocycles. The summed E-state index contributed by atoms with van der Waals surface area (Å²) in [5, 5.41) is 27.4. The standard InChI is InChI=1S/C23H29BrN2O2.C17H17BrN2O2.C5H13NO.2CH4/c1-3-18(17(2)27)16-23(28)19-4-8-21(9-5-19)25-12-14-26(15-13-25)22-10-6-20(24)7-11-22;18-14-3-7-16(8-4-14)20-11-9-19(10-12-20)15-5-1-13(2-6-15)17(21)22;1-3-5(6)4(2)7;;/h4-11,17-18,27H,3,12-16H2,1-2H3;1-8H,9-12H2,(H,21,22);4-5,7H,3,6H2,1-2H3;2*1H4/t17-,18+;;4-,5-;;/m0.0../s1. The van der Waals surface area contributed by atoms with Crippen LogP contribution < -0.4 is 25.3 Å². The van der Waals surface area contributed by atoms with Gasteiger partial charge in [-0.25, -0.2) is 4.79 Å². The Morgan fingerprint density at radius 2 is 0.864 bits per heavy atom. The van der Waals surface area contributed by atoms with Crippen molar-refractivity contribution < 1.29 is 24.9 Å². The van der Waals surface area contributed by atoms with Crippen LogP contribution in [0.25, 0.3) is 0 Å². The molecule has 2 aliphatic rings. The summed E-state index contributed by atoms with van der Waals surface area (Å²) < 4.78 is 2.19. The van der Waals surface area contributed by atoms with E-state index >= 15 is 0 Å². The van der Waals surface area contributed by atoms with Gasteiger partial charge < -0.3 is 40.7 Å². The highest BCUT2D eigenvalue weighted by Gasteiger charge is 2.21. The van der Waals surface area contributed by atoms with Crippen molar-refractivity contribution in [2.75, 3.05) is 72.0 Å². The van der Waals surface area contributed by atoms with Crippen LogP contribution in [0.15, 0.2) is 106 Å². The summed E-state index contributed by atoms with van der Waals surface area (Å²) in [5.74, 6) is -0.746. The maximum Gasteiger partial charge on any atom is 0.335 e. The Morgan fingerprint density at radius 1 is 0.559 bits per heavy atom. The Labute approximate surface area is 370 Å².